The van der Waals surface area contributed by atoms with E-state index in [1.165, 1.54) is 0 Å². The fourth-order valence-corrected chi connectivity index (χ4v) is 0.912. The van der Waals surface area contributed by atoms with E-state index in [0.29, 0.717) is 6.42 Å². The van der Waals surface area contributed by atoms with Crippen molar-refractivity contribution in [1.82, 2.24) is 0 Å². The van der Waals surface area contributed by atoms with Gasteiger partial charge in [0.2, 0.25) is 0 Å². The highest BCUT2D eigenvalue weighted by atomic mass is 19.4. The molecule has 1 rings (SSSR count). The van der Waals surface area contributed by atoms with Gasteiger partial charge in [-0.3, -0.25) is 0 Å². The quantitative estimate of drug-likeness (QED) is 0.542. The lowest BCUT2D eigenvalue weighted by Gasteiger charge is -2.45. The van der Waals surface area contributed by atoms with Gasteiger partial charge in [0, 0.05) is 0 Å². The van der Waals surface area contributed by atoms with Crippen molar-refractivity contribution in [3.63, 3.8) is 0 Å². The van der Waals surface area contributed by atoms with E-state index in [-0.39, 0.29) is 12.8 Å². The van der Waals surface area contributed by atoms with Gasteiger partial charge < -0.3 is 18.7 Å². The Labute approximate surface area is 51.5 Å². The lowest BCUT2D eigenvalue weighted by atomic mass is 9.54. The van der Waals surface area contributed by atoms with Gasteiger partial charge in [-0.2, -0.15) is 0 Å². The van der Waals surface area contributed by atoms with Crippen LogP contribution >= 0.6 is 0 Å². The van der Waals surface area contributed by atoms with Crippen LogP contribution in [0.15, 0.2) is 0 Å². The number of hydrogen-bond donors (Lipinski definition) is 1. The fraction of sp³-hybridized carbons (Fsp3) is 1.00. The molecule has 1 aliphatic rings. The molecule has 0 heterocycles. The van der Waals surface area contributed by atoms with Crippen LogP contribution in [-0.2, 0) is 0 Å². The topological polar surface area (TPSA) is 26.0 Å². The number of hydrogen-bond acceptors (Lipinski definition) is 1. The molecule has 0 aromatic carbocycles. The van der Waals surface area contributed by atoms with Gasteiger partial charge in [0.15, 0.2) is 0 Å². The van der Waals surface area contributed by atoms with E-state index in [1.54, 1.807) is 0 Å². The molecular weight excluding hydrogens is 130 g/mol. The van der Waals surface area contributed by atoms with E-state index in [9.17, 15) is 12.9 Å². The Morgan fingerprint density at radius 1 is 1.22 bits per heavy atom. The van der Waals surface area contributed by atoms with E-state index >= 15 is 0 Å². The molecule has 0 spiro atoms. The average molecular weight is 138 g/mol. The lowest BCUT2D eigenvalue weighted by Crippen LogP contribution is -2.61. The SMILES string of the molecule is NC1([B-](F)(F)F)CCC1. The van der Waals surface area contributed by atoms with Crippen LogP contribution in [0.5, 0.6) is 0 Å². The van der Waals surface area contributed by atoms with Crippen LogP contribution in [0, 0.1) is 0 Å². The molecule has 0 aromatic rings. The summed E-state index contributed by atoms with van der Waals surface area (Å²) in [4.78, 5) is 0. The molecule has 0 atom stereocenters. The summed E-state index contributed by atoms with van der Waals surface area (Å²) in [6, 6.07) is 0. The monoisotopic (exact) mass is 138 g/mol. The third kappa shape index (κ3) is 0.935. The van der Waals surface area contributed by atoms with Gasteiger partial charge in [-0.25, -0.2) is 0 Å². The summed E-state index contributed by atoms with van der Waals surface area (Å²) in [6.07, 6.45) is 0.866. The van der Waals surface area contributed by atoms with Gasteiger partial charge in [-0.05, 0) is 5.44 Å². The van der Waals surface area contributed by atoms with Crippen LogP contribution in [0.3, 0.4) is 0 Å². The first kappa shape index (κ1) is 6.93. The molecule has 0 amide bonds. The van der Waals surface area contributed by atoms with Gasteiger partial charge >= 0.3 is 6.98 Å². The lowest BCUT2D eigenvalue weighted by molar-refractivity contribution is 0.257. The molecule has 5 heteroatoms. The average Bonchev–Trinajstić information content (AvgIpc) is 1.57. The molecule has 1 saturated carbocycles. The minimum Gasteiger partial charge on any atom is -0.448 e. The molecule has 0 bridgehead atoms. The zero-order chi connectivity index (χ0) is 7.12. The Balaban J connectivity index is 2.59. The summed E-state index contributed by atoms with van der Waals surface area (Å²) in [5, 5.41) is 0. The molecular formula is C4H8BF3N-. The van der Waals surface area contributed by atoms with Crippen LogP contribution in [0.1, 0.15) is 19.3 Å². The van der Waals surface area contributed by atoms with E-state index in [0.717, 1.165) is 0 Å². The molecule has 0 unspecified atom stereocenters. The van der Waals surface area contributed by atoms with E-state index in [4.69, 9.17) is 5.73 Å². The van der Waals surface area contributed by atoms with Gasteiger partial charge in [0.1, 0.15) is 0 Å². The van der Waals surface area contributed by atoms with Crippen LogP contribution in [-0.4, -0.2) is 12.4 Å². The van der Waals surface area contributed by atoms with Crippen molar-refractivity contribution < 1.29 is 12.9 Å². The van der Waals surface area contributed by atoms with Crippen molar-refractivity contribution in [2.24, 2.45) is 5.73 Å². The largest absolute Gasteiger partial charge is 0.497 e. The second-order valence-electron chi connectivity index (χ2n) is 2.66. The third-order valence-corrected chi connectivity index (χ3v) is 1.94. The second-order valence-corrected chi connectivity index (χ2v) is 2.66. The van der Waals surface area contributed by atoms with E-state index in [1.807, 2.05) is 0 Å². The molecule has 9 heavy (non-hydrogen) atoms. The second kappa shape index (κ2) is 1.65. The van der Waals surface area contributed by atoms with Gasteiger partial charge in [-0.1, -0.05) is 19.3 Å². The molecule has 1 nitrogen and oxygen atoms in total. The molecule has 1 aliphatic carbocycles. The van der Waals surface area contributed by atoms with Crippen molar-refractivity contribution >= 4 is 6.98 Å². The van der Waals surface area contributed by atoms with Gasteiger partial charge in [0.25, 0.3) is 0 Å². The van der Waals surface area contributed by atoms with Gasteiger partial charge in [-0.15, -0.1) is 0 Å². The number of rotatable bonds is 1. The molecule has 0 aromatic heterocycles. The minimum absolute atomic E-state index is 0.122. The highest BCUT2D eigenvalue weighted by Crippen LogP contribution is 2.39. The Kier molecular flexibility index (Phi) is 1.27. The Morgan fingerprint density at radius 3 is 1.67 bits per heavy atom. The first-order valence-electron chi connectivity index (χ1n) is 2.94. The van der Waals surface area contributed by atoms with Crippen molar-refractivity contribution in [3.8, 4) is 0 Å². The van der Waals surface area contributed by atoms with Crippen molar-refractivity contribution in [2.75, 3.05) is 0 Å². The summed E-state index contributed by atoms with van der Waals surface area (Å²) < 4.78 is 35.5. The molecule has 1 fully saturated rings. The van der Waals surface area contributed by atoms with Crippen molar-refractivity contribution in [3.05, 3.63) is 0 Å². The van der Waals surface area contributed by atoms with Crippen molar-refractivity contribution in [2.45, 2.75) is 24.7 Å². The summed E-state index contributed by atoms with van der Waals surface area (Å²) in [7, 11) is 0. The van der Waals surface area contributed by atoms with Gasteiger partial charge in [0.05, 0.1) is 0 Å². The summed E-state index contributed by atoms with van der Waals surface area (Å²) >= 11 is 0. The Morgan fingerprint density at radius 2 is 1.67 bits per heavy atom. The number of nitrogens with two attached hydrogens (primary N) is 1. The van der Waals surface area contributed by atoms with Crippen LogP contribution in [0.4, 0.5) is 12.9 Å². The van der Waals surface area contributed by atoms with Crippen LogP contribution < -0.4 is 5.73 Å². The van der Waals surface area contributed by atoms with E-state index in [2.05, 4.69) is 0 Å². The summed E-state index contributed by atoms with van der Waals surface area (Å²) in [5.74, 6) is 0. The standard InChI is InChI=1S/C4H8BF3N/c6-5(7,8)4(9)2-1-3-4/h1-3,9H2/q-1. The normalized spacial score (nSPS) is 25.3. The maximum absolute atomic E-state index is 11.8. The molecule has 0 saturated heterocycles. The van der Waals surface area contributed by atoms with Crippen LogP contribution in [0.25, 0.3) is 0 Å². The highest BCUT2D eigenvalue weighted by molar-refractivity contribution is 6.62. The smallest absolute Gasteiger partial charge is 0.448 e. The predicted octanol–water partition coefficient (Wildman–Crippen LogP) is 1.25. The first-order valence-corrected chi connectivity index (χ1v) is 2.94. The molecule has 54 valence electrons. The zero-order valence-corrected chi connectivity index (χ0v) is 4.91. The van der Waals surface area contributed by atoms with Crippen LogP contribution in [0.2, 0.25) is 0 Å². The summed E-state index contributed by atoms with van der Waals surface area (Å²) in [5.41, 5.74) is 3.20. The van der Waals surface area contributed by atoms with Crippen molar-refractivity contribution in [1.29, 1.82) is 0 Å². The number of halogens is 3. The molecule has 2 N–H and O–H groups in total. The van der Waals surface area contributed by atoms with E-state index < -0.39 is 12.4 Å². The maximum Gasteiger partial charge on any atom is 0.497 e. The third-order valence-electron chi connectivity index (χ3n) is 1.94. The minimum atomic E-state index is -4.79. The highest BCUT2D eigenvalue weighted by Gasteiger charge is 2.50. The summed E-state index contributed by atoms with van der Waals surface area (Å²) in [6.45, 7) is -4.79. The zero-order valence-electron chi connectivity index (χ0n) is 4.91. The molecule has 0 radical (unpaired) electrons. The predicted molar refractivity (Wildman–Crippen MR) is 29.8 cm³/mol. The Hall–Kier alpha value is -0.185. The Bertz CT molecular complexity index is 117. The maximum atomic E-state index is 11.8. The fourth-order valence-electron chi connectivity index (χ4n) is 0.912. The molecule has 0 aliphatic heterocycles. The first-order chi connectivity index (χ1) is 3.96.